The maximum atomic E-state index is 8.40. The van der Waals surface area contributed by atoms with Gasteiger partial charge in [-0.05, 0) is 25.8 Å². The van der Waals surface area contributed by atoms with E-state index in [-0.39, 0.29) is 6.61 Å². The van der Waals surface area contributed by atoms with E-state index in [4.69, 9.17) is 10.4 Å². The van der Waals surface area contributed by atoms with Gasteiger partial charge in [0.1, 0.15) is 0 Å². The largest absolute Gasteiger partial charge is 0.396 e. The van der Waals surface area contributed by atoms with Crippen molar-refractivity contribution in [1.82, 2.24) is 5.32 Å². The van der Waals surface area contributed by atoms with Crippen LogP contribution in [0.25, 0.3) is 0 Å². The molecule has 0 spiro atoms. The van der Waals surface area contributed by atoms with Gasteiger partial charge in [0.05, 0.1) is 12.6 Å². The molecule has 0 aromatic carbocycles. The molecule has 0 radical (unpaired) electrons. The van der Waals surface area contributed by atoms with Crippen LogP contribution in [-0.2, 0) is 0 Å². The third kappa shape index (κ3) is 7.41. The van der Waals surface area contributed by atoms with Crippen LogP contribution in [0, 0.1) is 11.3 Å². The number of nitrogens with zero attached hydrogens (tertiary/aromatic N) is 1. The molecule has 0 atom stereocenters. The maximum Gasteiger partial charge on any atom is 0.0840 e. The number of aliphatic hydroxyl groups excluding tert-OH is 1. The summed E-state index contributed by atoms with van der Waals surface area (Å²) in [6.45, 7) is 1.59. The van der Waals surface area contributed by atoms with Gasteiger partial charge in [0.2, 0.25) is 0 Å². The fourth-order valence-corrected chi connectivity index (χ4v) is 0.683. The summed E-state index contributed by atoms with van der Waals surface area (Å²) in [6.07, 6.45) is 2.95. The van der Waals surface area contributed by atoms with Crippen molar-refractivity contribution in [1.29, 1.82) is 5.26 Å². The Labute approximate surface area is 61.7 Å². The Morgan fingerprint density at radius 1 is 1.30 bits per heavy atom. The normalized spacial score (nSPS) is 9.20. The van der Waals surface area contributed by atoms with E-state index in [0.717, 1.165) is 25.8 Å². The van der Waals surface area contributed by atoms with Crippen molar-refractivity contribution in [3.8, 4) is 6.07 Å². The minimum Gasteiger partial charge on any atom is -0.396 e. The van der Waals surface area contributed by atoms with E-state index in [1.807, 2.05) is 6.07 Å². The molecule has 0 fully saturated rings. The fraction of sp³-hybridized carbons (Fsp3) is 0.857. The molecular weight excluding hydrogens is 128 g/mol. The van der Waals surface area contributed by atoms with Crippen molar-refractivity contribution in [2.75, 3.05) is 19.7 Å². The molecule has 0 aliphatic carbocycles. The number of nitrogens with one attached hydrogen (secondary N) is 1. The lowest BCUT2D eigenvalue weighted by Gasteiger charge is -1.97. The second kappa shape index (κ2) is 8.41. The zero-order valence-electron chi connectivity index (χ0n) is 6.14. The Morgan fingerprint density at radius 3 is 2.70 bits per heavy atom. The Kier molecular flexibility index (Phi) is 7.91. The van der Waals surface area contributed by atoms with Crippen LogP contribution in [-0.4, -0.2) is 24.8 Å². The van der Waals surface area contributed by atoms with Crippen molar-refractivity contribution < 1.29 is 5.11 Å². The lowest BCUT2D eigenvalue weighted by atomic mass is 10.2. The first kappa shape index (κ1) is 9.41. The highest BCUT2D eigenvalue weighted by Gasteiger charge is 1.86. The molecule has 3 heteroatoms. The number of rotatable bonds is 6. The molecule has 10 heavy (non-hydrogen) atoms. The van der Waals surface area contributed by atoms with Gasteiger partial charge in [-0.2, -0.15) is 5.26 Å². The van der Waals surface area contributed by atoms with Crippen LogP contribution in [0.4, 0.5) is 0 Å². The molecule has 0 aromatic rings. The summed E-state index contributed by atoms with van der Waals surface area (Å²) in [5.41, 5.74) is 0. The van der Waals surface area contributed by atoms with E-state index in [2.05, 4.69) is 5.32 Å². The first-order valence-electron chi connectivity index (χ1n) is 3.60. The fourth-order valence-electron chi connectivity index (χ4n) is 0.683. The second-order valence-corrected chi connectivity index (χ2v) is 2.12. The number of hydrogen-bond donors (Lipinski definition) is 2. The predicted molar refractivity (Wildman–Crippen MR) is 39.4 cm³/mol. The highest BCUT2D eigenvalue weighted by Crippen LogP contribution is 1.90. The third-order valence-corrected chi connectivity index (χ3v) is 1.22. The summed E-state index contributed by atoms with van der Waals surface area (Å²) >= 11 is 0. The van der Waals surface area contributed by atoms with E-state index in [1.54, 1.807) is 0 Å². The molecule has 0 saturated carbocycles. The van der Waals surface area contributed by atoms with E-state index in [1.165, 1.54) is 0 Å². The summed E-state index contributed by atoms with van der Waals surface area (Å²) in [4.78, 5) is 0. The van der Waals surface area contributed by atoms with Crippen LogP contribution in [0.3, 0.4) is 0 Å². The van der Waals surface area contributed by atoms with Crippen molar-refractivity contribution in [2.24, 2.45) is 0 Å². The molecular formula is C7H14N2O. The average Bonchev–Trinajstić information content (AvgIpc) is 1.97. The van der Waals surface area contributed by atoms with E-state index in [9.17, 15) is 0 Å². The minimum atomic E-state index is 0.276. The summed E-state index contributed by atoms with van der Waals surface area (Å²) in [5, 5.41) is 19.5. The Hall–Kier alpha value is -0.590. The summed E-state index contributed by atoms with van der Waals surface area (Å²) in [6, 6.07) is 2.00. The Bertz CT molecular complexity index is 98.3. The third-order valence-electron chi connectivity index (χ3n) is 1.22. The lowest BCUT2D eigenvalue weighted by molar-refractivity contribution is 0.283. The molecule has 2 N–H and O–H groups in total. The van der Waals surface area contributed by atoms with Crippen molar-refractivity contribution in [3.05, 3.63) is 0 Å². The summed E-state index contributed by atoms with van der Waals surface area (Å²) in [7, 11) is 0. The van der Waals surface area contributed by atoms with E-state index in [0.29, 0.717) is 6.54 Å². The molecule has 0 saturated heterocycles. The Morgan fingerprint density at radius 2 is 2.10 bits per heavy atom. The van der Waals surface area contributed by atoms with Gasteiger partial charge in [-0.3, -0.25) is 0 Å². The lowest BCUT2D eigenvalue weighted by Crippen LogP contribution is -2.14. The van der Waals surface area contributed by atoms with Gasteiger partial charge in [-0.15, -0.1) is 0 Å². The number of nitriles is 1. The number of aliphatic hydroxyl groups is 1. The molecule has 0 aliphatic rings. The van der Waals surface area contributed by atoms with Crippen molar-refractivity contribution in [3.63, 3.8) is 0 Å². The molecule has 0 rings (SSSR count). The van der Waals surface area contributed by atoms with Gasteiger partial charge in [-0.25, -0.2) is 0 Å². The van der Waals surface area contributed by atoms with Gasteiger partial charge in [-0.1, -0.05) is 0 Å². The molecule has 0 aliphatic heterocycles. The van der Waals surface area contributed by atoms with Crippen molar-refractivity contribution in [2.45, 2.75) is 19.3 Å². The first-order valence-corrected chi connectivity index (χ1v) is 3.60. The van der Waals surface area contributed by atoms with Crippen LogP contribution < -0.4 is 5.32 Å². The topological polar surface area (TPSA) is 56.0 Å². The van der Waals surface area contributed by atoms with Gasteiger partial charge in [0.15, 0.2) is 0 Å². The highest BCUT2D eigenvalue weighted by molar-refractivity contribution is 4.72. The van der Waals surface area contributed by atoms with Gasteiger partial charge in [0.25, 0.3) is 0 Å². The molecule has 0 heterocycles. The average molecular weight is 142 g/mol. The molecule has 0 amide bonds. The summed E-state index contributed by atoms with van der Waals surface area (Å²) < 4.78 is 0. The molecule has 0 unspecified atom stereocenters. The van der Waals surface area contributed by atoms with Gasteiger partial charge < -0.3 is 10.4 Å². The quantitative estimate of drug-likeness (QED) is 0.413. The zero-order valence-corrected chi connectivity index (χ0v) is 6.14. The van der Waals surface area contributed by atoms with Gasteiger partial charge in [0, 0.05) is 6.61 Å². The minimum absolute atomic E-state index is 0.276. The molecule has 0 bridgehead atoms. The molecule has 3 nitrogen and oxygen atoms in total. The van der Waals surface area contributed by atoms with Crippen molar-refractivity contribution >= 4 is 0 Å². The maximum absolute atomic E-state index is 8.40. The van der Waals surface area contributed by atoms with Crippen LogP contribution in [0.15, 0.2) is 0 Å². The number of hydrogen-bond acceptors (Lipinski definition) is 3. The number of unbranched alkanes of at least 4 members (excludes halogenated alkanes) is 2. The molecule has 0 aromatic heterocycles. The van der Waals surface area contributed by atoms with Crippen LogP contribution >= 0.6 is 0 Å². The second-order valence-electron chi connectivity index (χ2n) is 2.12. The zero-order chi connectivity index (χ0) is 7.66. The standard InChI is InChI=1S/C7H14N2O/c8-4-6-9-5-2-1-3-7-10/h9-10H,1-3,5-7H2. The predicted octanol–water partition coefficient (Wildman–Crippen LogP) is 0.262. The van der Waals surface area contributed by atoms with E-state index < -0.39 is 0 Å². The highest BCUT2D eigenvalue weighted by atomic mass is 16.2. The smallest absolute Gasteiger partial charge is 0.0840 e. The van der Waals surface area contributed by atoms with Gasteiger partial charge >= 0.3 is 0 Å². The first-order chi connectivity index (χ1) is 4.91. The SMILES string of the molecule is N#CCNCCCCCO. The van der Waals surface area contributed by atoms with E-state index >= 15 is 0 Å². The van der Waals surface area contributed by atoms with Crippen LogP contribution in [0.2, 0.25) is 0 Å². The molecule has 58 valence electrons. The monoisotopic (exact) mass is 142 g/mol. The Balaban J connectivity index is 2.72. The summed E-state index contributed by atoms with van der Waals surface area (Å²) in [5.74, 6) is 0. The van der Waals surface area contributed by atoms with Crippen LogP contribution in [0.1, 0.15) is 19.3 Å². The van der Waals surface area contributed by atoms with Crippen LogP contribution in [0.5, 0.6) is 0 Å².